The minimum Gasteiger partial charge on any atom is -0.493 e. The fourth-order valence-corrected chi connectivity index (χ4v) is 4.16. The Morgan fingerprint density at radius 1 is 1.21 bits per heavy atom. The van der Waals surface area contributed by atoms with E-state index in [2.05, 4.69) is 5.32 Å². The van der Waals surface area contributed by atoms with E-state index in [1.807, 2.05) is 11.0 Å². The Balaban J connectivity index is 1.62. The van der Waals surface area contributed by atoms with Crippen LogP contribution in [0.3, 0.4) is 0 Å². The molecule has 0 spiro atoms. The summed E-state index contributed by atoms with van der Waals surface area (Å²) in [6.07, 6.45) is -0.256. The second-order valence-electron chi connectivity index (χ2n) is 7.38. The number of thiocarbonyl (C=S) groups is 1. The standard InChI is InChI=1S/C23H26Cl2N2O5S/c1-14(28)18-6-7-20(29-2)22(30-3)21(18)32-13-17-12-27(8-9-31-17)23(33)26-11-15-4-5-16(24)10-19(15)25/h4-7,10,17H,8-9,11-13H2,1-3H3,(H,26,33). The zero-order chi connectivity index (χ0) is 24.0. The molecule has 2 aromatic rings. The minimum atomic E-state index is -0.256. The number of halogens is 2. The molecule has 0 radical (unpaired) electrons. The first-order chi connectivity index (χ1) is 15.8. The first kappa shape index (κ1) is 25.4. The van der Waals surface area contributed by atoms with Crippen LogP contribution in [0.2, 0.25) is 10.0 Å². The smallest absolute Gasteiger partial charge is 0.204 e. The highest BCUT2D eigenvalue weighted by atomic mass is 35.5. The molecule has 33 heavy (non-hydrogen) atoms. The number of ether oxygens (including phenoxy) is 4. The van der Waals surface area contributed by atoms with Crippen LogP contribution < -0.4 is 19.5 Å². The molecule has 1 unspecified atom stereocenters. The summed E-state index contributed by atoms with van der Waals surface area (Å²) in [4.78, 5) is 14.1. The van der Waals surface area contributed by atoms with E-state index < -0.39 is 0 Å². The van der Waals surface area contributed by atoms with Gasteiger partial charge in [-0.05, 0) is 49.0 Å². The SMILES string of the molecule is COc1ccc(C(C)=O)c(OCC2CN(C(=S)NCc3ccc(Cl)cc3Cl)CCO2)c1OC. The number of nitrogens with zero attached hydrogens (tertiary/aromatic N) is 1. The van der Waals surface area contributed by atoms with Gasteiger partial charge in [0.1, 0.15) is 12.7 Å². The Bertz CT molecular complexity index is 1020. The average Bonchev–Trinajstić information content (AvgIpc) is 2.81. The van der Waals surface area contributed by atoms with E-state index in [4.69, 9.17) is 54.4 Å². The molecule has 0 saturated carbocycles. The van der Waals surface area contributed by atoms with Crippen molar-refractivity contribution in [2.24, 2.45) is 0 Å². The molecule has 1 aliphatic heterocycles. The van der Waals surface area contributed by atoms with E-state index in [9.17, 15) is 4.79 Å². The van der Waals surface area contributed by atoms with Gasteiger partial charge in [-0.2, -0.15) is 0 Å². The molecule has 1 saturated heterocycles. The first-order valence-corrected chi connectivity index (χ1v) is 11.5. The van der Waals surface area contributed by atoms with E-state index >= 15 is 0 Å². The predicted octanol–water partition coefficient (Wildman–Crippen LogP) is 4.37. The number of ketones is 1. The third-order valence-corrected chi connectivity index (χ3v) is 6.15. The summed E-state index contributed by atoms with van der Waals surface area (Å²) in [6.45, 7) is 3.85. The van der Waals surface area contributed by atoms with Crippen molar-refractivity contribution in [2.75, 3.05) is 40.5 Å². The van der Waals surface area contributed by atoms with Crippen LogP contribution in [0, 0.1) is 0 Å². The molecule has 1 N–H and O–H groups in total. The highest BCUT2D eigenvalue weighted by Crippen LogP contribution is 2.40. The molecule has 178 valence electrons. The summed E-state index contributed by atoms with van der Waals surface area (Å²) >= 11 is 17.8. The van der Waals surface area contributed by atoms with Crippen molar-refractivity contribution >= 4 is 46.3 Å². The lowest BCUT2D eigenvalue weighted by Gasteiger charge is -2.34. The summed E-state index contributed by atoms with van der Waals surface area (Å²) in [5, 5.41) is 5.00. The van der Waals surface area contributed by atoms with Crippen molar-refractivity contribution in [1.29, 1.82) is 0 Å². The first-order valence-electron chi connectivity index (χ1n) is 10.3. The quantitative estimate of drug-likeness (QED) is 0.413. The van der Waals surface area contributed by atoms with Crippen LogP contribution in [-0.4, -0.2) is 62.4 Å². The van der Waals surface area contributed by atoms with Gasteiger partial charge in [-0.15, -0.1) is 0 Å². The number of benzene rings is 2. The van der Waals surface area contributed by atoms with Gasteiger partial charge < -0.3 is 29.2 Å². The minimum absolute atomic E-state index is 0.136. The monoisotopic (exact) mass is 512 g/mol. The van der Waals surface area contributed by atoms with Gasteiger partial charge in [0.15, 0.2) is 22.4 Å². The molecule has 1 fully saturated rings. The van der Waals surface area contributed by atoms with Crippen LogP contribution in [-0.2, 0) is 11.3 Å². The van der Waals surface area contributed by atoms with E-state index in [0.717, 1.165) is 5.56 Å². The van der Waals surface area contributed by atoms with E-state index in [-0.39, 0.29) is 18.5 Å². The fraction of sp³-hybridized carbons (Fsp3) is 0.391. The normalized spacial score (nSPS) is 15.7. The van der Waals surface area contributed by atoms with Crippen molar-refractivity contribution in [1.82, 2.24) is 10.2 Å². The predicted molar refractivity (Wildman–Crippen MR) is 132 cm³/mol. The molecular formula is C23H26Cl2N2O5S. The van der Waals surface area contributed by atoms with Gasteiger partial charge in [-0.1, -0.05) is 29.3 Å². The molecule has 2 aromatic carbocycles. The number of rotatable bonds is 8. The molecular weight excluding hydrogens is 487 g/mol. The Labute approximate surface area is 208 Å². The molecule has 0 amide bonds. The van der Waals surface area contributed by atoms with Gasteiger partial charge in [-0.25, -0.2) is 0 Å². The van der Waals surface area contributed by atoms with E-state index in [1.165, 1.54) is 21.1 Å². The Kier molecular flexibility index (Phi) is 9.02. The Morgan fingerprint density at radius 3 is 2.67 bits per heavy atom. The molecule has 0 aliphatic carbocycles. The largest absolute Gasteiger partial charge is 0.493 e. The number of hydrogen-bond donors (Lipinski definition) is 1. The van der Waals surface area contributed by atoms with Gasteiger partial charge in [0.05, 0.1) is 26.4 Å². The molecule has 10 heteroatoms. The lowest BCUT2D eigenvalue weighted by atomic mass is 10.1. The molecule has 7 nitrogen and oxygen atoms in total. The number of Topliss-reactive ketones (excluding diaryl/α,β-unsaturated/α-hetero) is 1. The summed E-state index contributed by atoms with van der Waals surface area (Å²) in [5.74, 6) is 1.05. The molecule has 0 bridgehead atoms. The summed E-state index contributed by atoms with van der Waals surface area (Å²) in [5.41, 5.74) is 1.32. The molecule has 3 rings (SSSR count). The topological polar surface area (TPSA) is 69.3 Å². The average molecular weight is 513 g/mol. The molecule has 1 aliphatic rings. The number of methoxy groups -OCH3 is 2. The van der Waals surface area contributed by atoms with Gasteiger partial charge in [-0.3, -0.25) is 4.79 Å². The van der Waals surface area contributed by atoms with Crippen LogP contribution in [0.1, 0.15) is 22.8 Å². The number of carbonyl (C=O) groups excluding carboxylic acids is 1. The summed E-state index contributed by atoms with van der Waals surface area (Å²) in [6, 6.07) is 8.70. The second kappa shape index (κ2) is 11.7. The number of carbonyl (C=O) groups is 1. The maximum absolute atomic E-state index is 12.1. The van der Waals surface area contributed by atoms with Crippen LogP contribution in [0.4, 0.5) is 0 Å². The fourth-order valence-electron chi connectivity index (χ4n) is 3.45. The maximum Gasteiger partial charge on any atom is 0.204 e. The number of nitrogens with one attached hydrogen (secondary N) is 1. The summed E-state index contributed by atoms with van der Waals surface area (Å²) in [7, 11) is 3.03. The Hall–Kier alpha value is -2.26. The number of morpholine rings is 1. The highest BCUT2D eigenvalue weighted by molar-refractivity contribution is 7.80. The van der Waals surface area contributed by atoms with E-state index in [0.29, 0.717) is 64.2 Å². The van der Waals surface area contributed by atoms with Crippen LogP contribution >= 0.6 is 35.4 Å². The molecule has 1 heterocycles. The van der Waals surface area contributed by atoms with Crippen molar-refractivity contribution in [3.05, 3.63) is 51.5 Å². The van der Waals surface area contributed by atoms with Crippen LogP contribution in [0.15, 0.2) is 30.3 Å². The summed E-state index contributed by atoms with van der Waals surface area (Å²) < 4.78 is 22.7. The van der Waals surface area contributed by atoms with Crippen molar-refractivity contribution in [3.63, 3.8) is 0 Å². The lowest BCUT2D eigenvalue weighted by molar-refractivity contribution is -0.0292. The third kappa shape index (κ3) is 6.41. The van der Waals surface area contributed by atoms with Crippen LogP contribution in [0.5, 0.6) is 17.2 Å². The van der Waals surface area contributed by atoms with Gasteiger partial charge in [0.25, 0.3) is 0 Å². The highest BCUT2D eigenvalue weighted by Gasteiger charge is 2.25. The van der Waals surface area contributed by atoms with Gasteiger partial charge in [0, 0.05) is 29.7 Å². The molecule has 1 atom stereocenters. The van der Waals surface area contributed by atoms with E-state index in [1.54, 1.807) is 24.3 Å². The zero-order valence-electron chi connectivity index (χ0n) is 18.7. The van der Waals surface area contributed by atoms with Gasteiger partial charge >= 0.3 is 0 Å². The van der Waals surface area contributed by atoms with Crippen molar-refractivity contribution in [3.8, 4) is 17.2 Å². The third-order valence-electron chi connectivity index (χ3n) is 5.16. The Morgan fingerprint density at radius 2 is 2.00 bits per heavy atom. The second-order valence-corrected chi connectivity index (χ2v) is 8.61. The van der Waals surface area contributed by atoms with Crippen LogP contribution in [0.25, 0.3) is 0 Å². The molecule has 0 aromatic heterocycles. The zero-order valence-corrected chi connectivity index (χ0v) is 21.0. The maximum atomic E-state index is 12.1. The number of hydrogen-bond acceptors (Lipinski definition) is 6. The van der Waals surface area contributed by atoms with Crippen molar-refractivity contribution < 1.29 is 23.7 Å². The lowest BCUT2D eigenvalue weighted by Crippen LogP contribution is -2.50. The van der Waals surface area contributed by atoms with Gasteiger partial charge in [0.2, 0.25) is 5.75 Å². The van der Waals surface area contributed by atoms with Crippen molar-refractivity contribution in [2.45, 2.75) is 19.6 Å².